The highest BCUT2D eigenvalue weighted by atomic mass is 16.5. The van der Waals surface area contributed by atoms with Crippen molar-refractivity contribution in [1.82, 2.24) is 10.2 Å². The number of carbonyl (C=O) groups is 1. The number of likely N-dealkylation sites (tertiary alicyclic amines) is 1. The Balaban J connectivity index is 1.52. The van der Waals surface area contributed by atoms with Gasteiger partial charge in [0, 0.05) is 37.3 Å². The summed E-state index contributed by atoms with van der Waals surface area (Å²) in [4.78, 5) is 15.1. The molecule has 1 aliphatic rings. The van der Waals surface area contributed by atoms with Gasteiger partial charge >= 0.3 is 0 Å². The van der Waals surface area contributed by atoms with Gasteiger partial charge in [-0.05, 0) is 30.9 Å². The molecule has 0 aliphatic carbocycles. The van der Waals surface area contributed by atoms with E-state index < -0.39 is 0 Å². The lowest BCUT2D eigenvalue weighted by molar-refractivity contribution is -0.134. The molecular weight excluding hydrogens is 364 g/mol. The molecule has 0 bridgehead atoms. The second-order valence-corrected chi connectivity index (χ2v) is 7.53. The summed E-state index contributed by atoms with van der Waals surface area (Å²) in [6.07, 6.45) is 2.77. The molecule has 1 atom stereocenters. The SMILES string of the molecule is CCC(C(=O)N1CCC(NCc2ccc(OC)cc2OC)CC1)c1ccccc1. The van der Waals surface area contributed by atoms with E-state index in [0.29, 0.717) is 6.04 Å². The Morgan fingerprint density at radius 1 is 1.10 bits per heavy atom. The van der Waals surface area contributed by atoms with E-state index in [-0.39, 0.29) is 11.8 Å². The Morgan fingerprint density at radius 2 is 1.83 bits per heavy atom. The van der Waals surface area contributed by atoms with Crippen LogP contribution in [0.25, 0.3) is 0 Å². The first-order chi connectivity index (χ1) is 14.2. The summed E-state index contributed by atoms with van der Waals surface area (Å²) < 4.78 is 10.7. The van der Waals surface area contributed by atoms with E-state index in [9.17, 15) is 4.79 Å². The van der Waals surface area contributed by atoms with E-state index in [4.69, 9.17) is 9.47 Å². The van der Waals surface area contributed by atoms with Crippen LogP contribution in [0.3, 0.4) is 0 Å². The van der Waals surface area contributed by atoms with Crippen molar-refractivity contribution >= 4 is 5.91 Å². The first kappa shape index (κ1) is 21.2. The average molecular weight is 397 g/mol. The molecule has 1 unspecified atom stereocenters. The quantitative estimate of drug-likeness (QED) is 0.733. The van der Waals surface area contributed by atoms with Crippen LogP contribution in [0.4, 0.5) is 0 Å². The molecule has 0 saturated carbocycles. The highest BCUT2D eigenvalue weighted by Gasteiger charge is 2.28. The molecule has 156 valence electrons. The molecule has 1 saturated heterocycles. The fourth-order valence-corrected chi connectivity index (χ4v) is 4.01. The number of methoxy groups -OCH3 is 2. The number of hydrogen-bond acceptors (Lipinski definition) is 4. The molecule has 5 heteroatoms. The second kappa shape index (κ2) is 10.3. The molecule has 1 N–H and O–H groups in total. The van der Waals surface area contributed by atoms with Crippen molar-refractivity contribution in [3.8, 4) is 11.5 Å². The number of nitrogens with zero attached hydrogens (tertiary/aromatic N) is 1. The van der Waals surface area contributed by atoms with Crippen LogP contribution in [0, 0.1) is 0 Å². The van der Waals surface area contributed by atoms with Crippen LogP contribution in [-0.2, 0) is 11.3 Å². The lowest BCUT2D eigenvalue weighted by atomic mass is 9.93. The van der Waals surface area contributed by atoms with E-state index in [2.05, 4.69) is 24.4 Å². The van der Waals surface area contributed by atoms with Crippen molar-refractivity contribution in [2.75, 3.05) is 27.3 Å². The van der Waals surface area contributed by atoms with E-state index in [1.807, 2.05) is 41.3 Å². The highest BCUT2D eigenvalue weighted by Crippen LogP contribution is 2.26. The van der Waals surface area contributed by atoms with Gasteiger partial charge in [-0.2, -0.15) is 0 Å². The Kier molecular flexibility index (Phi) is 7.53. The minimum absolute atomic E-state index is 0.0377. The summed E-state index contributed by atoms with van der Waals surface area (Å²) in [5.74, 6) is 1.85. The minimum Gasteiger partial charge on any atom is -0.497 e. The van der Waals surface area contributed by atoms with Crippen LogP contribution in [-0.4, -0.2) is 44.2 Å². The summed E-state index contributed by atoms with van der Waals surface area (Å²) in [7, 11) is 3.34. The summed E-state index contributed by atoms with van der Waals surface area (Å²) in [6, 6.07) is 16.4. The molecular formula is C24H32N2O3. The molecule has 0 aromatic heterocycles. The number of rotatable bonds is 8. The molecule has 2 aromatic carbocycles. The number of amides is 1. The lowest BCUT2D eigenvalue weighted by Crippen LogP contribution is -2.46. The van der Waals surface area contributed by atoms with Gasteiger partial charge in [-0.3, -0.25) is 4.79 Å². The number of benzene rings is 2. The largest absolute Gasteiger partial charge is 0.497 e. The third kappa shape index (κ3) is 5.30. The van der Waals surface area contributed by atoms with Crippen molar-refractivity contribution in [1.29, 1.82) is 0 Å². The third-order valence-corrected chi connectivity index (χ3v) is 5.79. The summed E-state index contributed by atoms with van der Waals surface area (Å²) in [5.41, 5.74) is 2.23. The highest BCUT2D eigenvalue weighted by molar-refractivity contribution is 5.83. The van der Waals surface area contributed by atoms with Crippen LogP contribution in [0.2, 0.25) is 0 Å². The van der Waals surface area contributed by atoms with E-state index >= 15 is 0 Å². The van der Waals surface area contributed by atoms with Gasteiger partial charge in [0.2, 0.25) is 5.91 Å². The normalized spacial score (nSPS) is 15.8. The first-order valence-electron chi connectivity index (χ1n) is 10.4. The standard InChI is InChI=1S/C24H32N2O3/c1-4-22(18-8-6-5-7-9-18)24(27)26-14-12-20(13-15-26)25-17-19-10-11-21(28-2)16-23(19)29-3/h5-11,16,20,22,25H,4,12-15,17H2,1-3H3. The van der Waals surface area contributed by atoms with E-state index in [1.54, 1.807) is 14.2 Å². The van der Waals surface area contributed by atoms with Gasteiger partial charge in [0.25, 0.3) is 0 Å². The van der Waals surface area contributed by atoms with Crippen LogP contribution >= 0.6 is 0 Å². The fraction of sp³-hybridized carbons (Fsp3) is 0.458. The molecule has 1 heterocycles. The molecule has 0 spiro atoms. The maximum absolute atomic E-state index is 13.0. The van der Waals surface area contributed by atoms with Crippen LogP contribution in [0.5, 0.6) is 11.5 Å². The van der Waals surface area contributed by atoms with Crippen LogP contribution in [0.1, 0.15) is 43.2 Å². The lowest BCUT2D eigenvalue weighted by Gasteiger charge is -2.34. The first-order valence-corrected chi connectivity index (χ1v) is 10.4. The maximum atomic E-state index is 13.0. The zero-order valence-corrected chi connectivity index (χ0v) is 17.7. The number of carbonyl (C=O) groups excluding carboxylic acids is 1. The van der Waals surface area contributed by atoms with E-state index in [1.165, 1.54) is 0 Å². The van der Waals surface area contributed by atoms with Gasteiger partial charge in [0.05, 0.1) is 20.1 Å². The van der Waals surface area contributed by atoms with Crippen molar-refractivity contribution < 1.29 is 14.3 Å². The smallest absolute Gasteiger partial charge is 0.230 e. The molecule has 1 fully saturated rings. The number of piperidine rings is 1. The number of nitrogens with one attached hydrogen (secondary N) is 1. The Hall–Kier alpha value is -2.53. The van der Waals surface area contributed by atoms with Gasteiger partial charge in [0.1, 0.15) is 11.5 Å². The minimum atomic E-state index is -0.0377. The summed E-state index contributed by atoms with van der Waals surface area (Å²) in [5, 5.41) is 3.63. The summed E-state index contributed by atoms with van der Waals surface area (Å²) >= 11 is 0. The molecule has 29 heavy (non-hydrogen) atoms. The van der Waals surface area contributed by atoms with Crippen LogP contribution in [0.15, 0.2) is 48.5 Å². The van der Waals surface area contributed by atoms with Crippen molar-refractivity contribution in [3.63, 3.8) is 0 Å². The van der Waals surface area contributed by atoms with Gasteiger partial charge in [0.15, 0.2) is 0 Å². The van der Waals surface area contributed by atoms with Crippen molar-refractivity contribution in [2.24, 2.45) is 0 Å². The molecule has 2 aromatic rings. The zero-order valence-electron chi connectivity index (χ0n) is 17.7. The number of hydrogen-bond donors (Lipinski definition) is 1. The third-order valence-electron chi connectivity index (χ3n) is 5.79. The molecule has 3 rings (SSSR count). The summed E-state index contributed by atoms with van der Waals surface area (Å²) in [6.45, 7) is 4.44. The Bertz CT molecular complexity index is 786. The Labute approximate surface area is 174 Å². The molecule has 1 amide bonds. The fourth-order valence-electron chi connectivity index (χ4n) is 4.01. The zero-order chi connectivity index (χ0) is 20.6. The molecule has 0 radical (unpaired) electrons. The van der Waals surface area contributed by atoms with Gasteiger partial charge < -0.3 is 19.7 Å². The second-order valence-electron chi connectivity index (χ2n) is 7.53. The monoisotopic (exact) mass is 396 g/mol. The van der Waals surface area contributed by atoms with Crippen LogP contribution < -0.4 is 14.8 Å². The van der Waals surface area contributed by atoms with Crippen molar-refractivity contribution in [2.45, 2.75) is 44.7 Å². The predicted molar refractivity (Wildman–Crippen MR) is 115 cm³/mol. The maximum Gasteiger partial charge on any atom is 0.230 e. The average Bonchev–Trinajstić information content (AvgIpc) is 2.79. The number of ether oxygens (including phenoxy) is 2. The van der Waals surface area contributed by atoms with Gasteiger partial charge in [-0.15, -0.1) is 0 Å². The van der Waals surface area contributed by atoms with Gasteiger partial charge in [-0.1, -0.05) is 43.3 Å². The predicted octanol–water partition coefficient (Wildman–Crippen LogP) is 3.98. The van der Waals surface area contributed by atoms with Crippen molar-refractivity contribution in [3.05, 3.63) is 59.7 Å². The van der Waals surface area contributed by atoms with E-state index in [0.717, 1.165) is 61.5 Å². The Morgan fingerprint density at radius 3 is 2.45 bits per heavy atom. The molecule has 1 aliphatic heterocycles. The van der Waals surface area contributed by atoms with Gasteiger partial charge in [-0.25, -0.2) is 0 Å². The topological polar surface area (TPSA) is 50.8 Å². The molecule has 5 nitrogen and oxygen atoms in total.